The van der Waals surface area contributed by atoms with Gasteiger partial charge in [0.25, 0.3) is 0 Å². The molecule has 0 saturated carbocycles. The van der Waals surface area contributed by atoms with Crippen LogP contribution >= 0.6 is 46.1 Å². The van der Waals surface area contributed by atoms with Gasteiger partial charge in [-0.05, 0) is 42.5 Å². The van der Waals surface area contributed by atoms with Crippen LogP contribution < -0.4 is 0 Å². The van der Waals surface area contributed by atoms with Gasteiger partial charge in [0.15, 0.2) is 10.8 Å². The lowest BCUT2D eigenvalue weighted by atomic mass is 10.1. The van der Waals surface area contributed by atoms with E-state index in [2.05, 4.69) is 20.3 Å². The molecular weight excluding hydrogens is 425 g/mol. The molecule has 0 saturated heterocycles. The molecule has 0 spiro atoms. The van der Waals surface area contributed by atoms with Crippen molar-refractivity contribution in [1.29, 1.82) is 0 Å². The van der Waals surface area contributed by atoms with Crippen molar-refractivity contribution in [2.45, 2.75) is 0 Å². The van der Waals surface area contributed by atoms with E-state index in [1.165, 1.54) is 11.3 Å². The number of halogens is 3. The van der Waals surface area contributed by atoms with Gasteiger partial charge in [0.2, 0.25) is 4.96 Å². The van der Waals surface area contributed by atoms with Crippen molar-refractivity contribution in [1.82, 2.24) is 24.8 Å². The number of fused-ring (bicyclic) bond motifs is 2. The molecule has 0 fully saturated rings. The number of hydrogen-bond donors (Lipinski definition) is 0. The first kappa shape index (κ1) is 16.9. The molecule has 0 radical (unpaired) electrons. The smallest absolute Gasteiger partial charge is 0.235 e. The summed E-state index contributed by atoms with van der Waals surface area (Å²) in [7, 11) is 0. The molecule has 5 rings (SSSR count). The van der Waals surface area contributed by atoms with Crippen LogP contribution in [0.4, 0.5) is 0 Å². The van der Waals surface area contributed by atoms with E-state index in [4.69, 9.17) is 34.8 Å². The zero-order chi connectivity index (χ0) is 18.5. The van der Waals surface area contributed by atoms with Gasteiger partial charge >= 0.3 is 0 Å². The van der Waals surface area contributed by atoms with Crippen LogP contribution in [0.5, 0.6) is 0 Å². The van der Waals surface area contributed by atoms with Gasteiger partial charge in [0, 0.05) is 27.2 Å². The van der Waals surface area contributed by atoms with E-state index in [1.807, 2.05) is 18.2 Å². The lowest BCUT2D eigenvalue weighted by molar-refractivity contribution is 0.970. The minimum Gasteiger partial charge on any atom is -0.255 e. The van der Waals surface area contributed by atoms with Crippen molar-refractivity contribution in [3.63, 3.8) is 0 Å². The monoisotopic (exact) mass is 431 g/mol. The minimum absolute atomic E-state index is 0.556. The standard InChI is InChI=1S/C18H8Cl3N5S/c19-10-3-1-9(2-4-10)16-23-24-18-26(16)25-17(27-18)13-8-22-14-6-5-11(20)7-12(14)15(13)21/h1-8H. The molecule has 0 amide bonds. The summed E-state index contributed by atoms with van der Waals surface area (Å²) in [5.74, 6) is 0.636. The third-order valence-electron chi connectivity index (χ3n) is 4.09. The molecule has 132 valence electrons. The van der Waals surface area contributed by atoms with Crippen molar-refractivity contribution in [2.75, 3.05) is 0 Å². The normalized spacial score (nSPS) is 11.5. The second kappa shape index (κ2) is 6.42. The highest BCUT2D eigenvalue weighted by atomic mass is 35.5. The highest BCUT2D eigenvalue weighted by Crippen LogP contribution is 2.36. The Kier molecular flexibility index (Phi) is 4.02. The molecule has 0 aliphatic heterocycles. The molecular formula is C18H8Cl3N5S. The summed E-state index contributed by atoms with van der Waals surface area (Å²) in [6, 6.07) is 12.8. The third kappa shape index (κ3) is 2.85. The Morgan fingerprint density at radius 1 is 0.889 bits per heavy atom. The SMILES string of the molecule is Clc1ccc(-c2nnc3sc(-c4cnc5ccc(Cl)cc5c4Cl)nn23)cc1. The van der Waals surface area contributed by atoms with Crippen molar-refractivity contribution in [3.8, 4) is 22.0 Å². The van der Waals surface area contributed by atoms with Crippen LogP contribution in [0.1, 0.15) is 0 Å². The van der Waals surface area contributed by atoms with Crippen LogP contribution in [0.2, 0.25) is 15.1 Å². The summed E-state index contributed by atoms with van der Waals surface area (Å²) in [6.07, 6.45) is 1.71. The summed E-state index contributed by atoms with van der Waals surface area (Å²) in [5, 5.41) is 16.4. The van der Waals surface area contributed by atoms with Crippen LogP contribution in [0.15, 0.2) is 48.7 Å². The molecule has 3 aromatic heterocycles. The first-order chi connectivity index (χ1) is 13.1. The summed E-state index contributed by atoms with van der Waals surface area (Å²) < 4.78 is 1.70. The van der Waals surface area contributed by atoms with Gasteiger partial charge in [-0.15, -0.1) is 10.2 Å². The number of rotatable bonds is 2. The topological polar surface area (TPSA) is 56.0 Å². The summed E-state index contributed by atoms with van der Waals surface area (Å²) in [4.78, 5) is 5.13. The molecule has 27 heavy (non-hydrogen) atoms. The van der Waals surface area contributed by atoms with Crippen LogP contribution in [0, 0.1) is 0 Å². The Bertz CT molecular complexity index is 1310. The van der Waals surface area contributed by atoms with Crippen LogP contribution in [-0.4, -0.2) is 24.8 Å². The van der Waals surface area contributed by atoms with E-state index in [-0.39, 0.29) is 0 Å². The van der Waals surface area contributed by atoms with Gasteiger partial charge in [-0.1, -0.05) is 46.1 Å². The van der Waals surface area contributed by atoms with Gasteiger partial charge in [-0.3, -0.25) is 4.98 Å². The molecule has 0 unspecified atom stereocenters. The molecule has 3 heterocycles. The highest BCUT2D eigenvalue weighted by Gasteiger charge is 2.17. The zero-order valence-electron chi connectivity index (χ0n) is 13.4. The Labute approximate surface area is 172 Å². The molecule has 9 heteroatoms. The molecule has 0 atom stereocenters. The predicted molar refractivity (Wildman–Crippen MR) is 110 cm³/mol. The van der Waals surface area contributed by atoms with E-state index in [0.29, 0.717) is 30.9 Å². The summed E-state index contributed by atoms with van der Waals surface area (Å²) >= 11 is 20.1. The second-order valence-electron chi connectivity index (χ2n) is 5.78. The lowest BCUT2D eigenvalue weighted by Gasteiger charge is -2.04. The fourth-order valence-electron chi connectivity index (χ4n) is 2.79. The third-order valence-corrected chi connectivity index (χ3v) is 5.91. The Morgan fingerprint density at radius 3 is 2.48 bits per heavy atom. The zero-order valence-corrected chi connectivity index (χ0v) is 16.5. The van der Waals surface area contributed by atoms with Gasteiger partial charge in [0.1, 0.15) is 0 Å². The molecule has 0 aliphatic carbocycles. The largest absolute Gasteiger partial charge is 0.255 e. The number of nitrogens with zero attached hydrogens (tertiary/aromatic N) is 5. The van der Waals surface area contributed by atoms with Gasteiger partial charge in [-0.25, -0.2) is 0 Å². The number of benzene rings is 2. The predicted octanol–water partition coefficient (Wildman–Crippen LogP) is 6.03. The molecule has 0 aliphatic rings. The van der Waals surface area contributed by atoms with Crippen molar-refractivity contribution >= 4 is 62.0 Å². The van der Waals surface area contributed by atoms with Crippen molar-refractivity contribution in [3.05, 3.63) is 63.7 Å². The quantitative estimate of drug-likeness (QED) is 0.342. The Hall–Kier alpha value is -2.25. The maximum absolute atomic E-state index is 6.62. The van der Waals surface area contributed by atoms with Crippen molar-refractivity contribution < 1.29 is 0 Å². The van der Waals surface area contributed by atoms with Crippen LogP contribution in [0.3, 0.4) is 0 Å². The average molecular weight is 433 g/mol. The summed E-state index contributed by atoms with van der Waals surface area (Å²) in [5.41, 5.74) is 2.38. The molecule has 0 N–H and O–H groups in total. The summed E-state index contributed by atoms with van der Waals surface area (Å²) in [6.45, 7) is 0. The van der Waals surface area contributed by atoms with E-state index in [9.17, 15) is 0 Å². The molecule has 2 aromatic carbocycles. The van der Waals surface area contributed by atoms with Crippen LogP contribution in [0.25, 0.3) is 37.8 Å². The van der Waals surface area contributed by atoms with Gasteiger partial charge < -0.3 is 0 Å². The van der Waals surface area contributed by atoms with E-state index < -0.39 is 0 Å². The fourth-order valence-corrected chi connectivity index (χ4v) is 4.29. The maximum Gasteiger partial charge on any atom is 0.235 e. The molecule has 5 nitrogen and oxygen atoms in total. The number of pyridine rings is 1. The minimum atomic E-state index is 0.556. The van der Waals surface area contributed by atoms with Crippen LogP contribution in [-0.2, 0) is 0 Å². The fraction of sp³-hybridized carbons (Fsp3) is 0. The average Bonchev–Trinajstić information content (AvgIpc) is 3.24. The Morgan fingerprint density at radius 2 is 1.67 bits per heavy atom. The first-order valence-electron chi connectivity index (χ1n) is 7.82. The molecule has 0 bridgehead atoms. The van der Waals surface area contributed by atoms with Gasteiger partial charge in [-0.2, -0.15) is 9.61 Å². The van der Waals surface area contributed by atoms with Gasteiger partial charge in [0.05, 0.1) is 16.1 Å². The second-order valence-corrected chi connectivity index (χ2v) is 7.99. The van der Waals surface area contributed by atoms with E-state index in [1.54, 1.807) is 35.0 Å². The number of aromatic nitrogens is 5. The van der Waals surface area contributed by atoms with E-state index in [0.717, 1.165) is 22.0 Å². The number of hydrogen-bond acceptors (Lipinski definition) is 5. The first-order valence-corrected chi connectivity index (χ1v) is 9.77. The van der Waals surface area contributed by atoms with E-state index >= 15 is 0 Å². The lowest BCUT2D eigenvalue weighted by Crippen LogP contribution is -1.92. The molecule has 5 aromatic rings. The maximum atomic E-state index is 6.62. The highest BCUT2D eigenvalue weighted by molar-refractivity contribution is 7.19. The Balaban J connectivity index is 1.67. The van der Waals surface area contributed by atoms with Crippen molar-refractivity contribution in [2.24, 2.45) is 0 Å².